The third-order valence-corrected chi connectivity index (χ3v) is 2.94. The Morgan fingerprint density at radius 1 is 1.53 bits per heavy atom. The van der Waals surface area contributed by atoms with E-state index in [0.717, 1.165) is 10.4 Å². The third kappa shape index (κ3) is 1.59. The summed E-state index contributed by atoms with van der Waals surface area (Å²) in [6.07, 6.45) is 3.49. The minimum Gasteiger partial charge on any atom is -0.465 e. The van der Waals surface area contributed by atoms with Gasteiger partial charge in [-0.05, 0) is 18.4 Å². The van der Waals surface area contributed by atoms with Gasteiger partial charge in [0.25, 0.3) is 0 Å². The number of nitrogens with zero attached hydrogens (tertiary/aromatic N) is 1. The highest BCUT2D eigenvalue weighted by atomic mass is 32.2. The van der Waals surface area contributed by atoms with Crippen LogP contribution in [0.15, 0.2) is 23.4 Å². The van der Waals surface area contributed by atoms with Gasteiger partial charge in [0.2, 0.25) is 0 Å². The number of carbonyl (C=O) groups is 1. The van der Waals surface area contributed by atoms with Crippen LogP contribution in [0.4, 0.5) is 0 Å². The van der Waals surface area contributed by atoms with E-state index in [4.69, 9.17) is 4.74 Å². The minimum absolute atomic E-state index is 0.350. The van der Waals surface area contributed by atoms with E-state index >= 15 is 0 Å². The van der Waals surface area contributed by atoms with Crippen molar-refractivity contribution in [2.75, 3.05) is 13.4 Å². The van der Waals surface area contributed by atoms with Gasteiger partial charge in [0.1, 0.15) is 11.1 Å². The van der Waals surface area contributed by atoms with E-state index in [1.54, 1.807) is 6.33 Å². The molecule has 0 saturated carbocycles. The molecule has 2 aromatic rings. The SMILES string of the molecule is COC(=O)c1c(SC)ccc2[nH]cnc12. The lowest BCUT2D eigenvalue weighted by molar-refractivity contribution is 0.0599. The number of rotatable bonds is 2. The van der Waals surface area contributed by atoms with Gasteiger partial charge in [-0.1, -0.05) is 0 Å². The molecule has 0 atom stereocenters. The summed E-state index contributed by atoms with van der Waals surface area (Å²) in [5.74, 6) is -0.350. The Morgan fingerprint density at radius 2 is 2.33 bits per heavy atom. The largest absolute Gasteiger partial charge is 0.465 e. The molecular weight excluding hydrogens is 212 g/mol. The van der Waals surface area contributed by atoms with E-state index in [1.807, 2.05) is 18.4 Å². The van der Waals surface area contributed by atoms with Crippen molar-refractivity contribution in [3.05, 3.63) is 24.0 Å². The Morgan fingerprint density at radius 3 is 3.00 bits per heavy atom. The van der Waals surface area contributed by atoms with E-state index in [9.17, 15) is 4.79 Å². The lowest BCUT2D eigenvalue weighted by Gasteiger charge is -2.05. The molecule has 1 aromatic carbocycles. The normalized spacial score (nSPS) is 10.5. The summed E-state index contributed by atoms with van der Waals surface area (Å²) in [6, 6.07) is 3.79. The molecular formula is C10H10N2O2S. The van der Waals surface area contributed by atoms with Crippen LogP contribution in [-0.2, 0) is 4.74 Å². The van der Waals surface area contributed by atoms with Crippen molar-refractivity contribution in [3.8, 4) is 0 Å². The Hall–Kier alpha value is -1.49. The highest BCUT2D eigenvalue weighted by Gasteiger charge is 2.17. The van der Waals surface area contributed by atoms with Crippen molar-refractivity contribution in [3.63, 3.8) is 0 Å². The van der Waals surface area contributed by atoms with Crippen LogP contribution in [0.1, 0.15) is 10.4 Å². The quantitative estimate of drug-likeness (QED) is 0.624. The summed E-state index contributed by atoms with van der Waals surface area (Å²) in [4.78, 5) is 19.6. The maximum atomic E-state index is 11.6. The fraction of sp³-hybridized carbons (Fsp3) is 0.200. The summed E-state index contributed by atoms with van der Waals surface area (Å²) < 4.78 is 4.75. The first-order valence-corrected chi connectivity index (χ1v) is 5.58. The third-order valence-electron chi connectivity index (χ3n) is 2.16. The van der Waals surface area contributed by atoms with Crippen LogP contribution < -0.4 is 0 Å². The van der Waals surface area contributed by atoms with Crippen molar-refractivity contribution in [2.24, 2.45) is 0 Å². The number of aromatic nitrogens is 2. The average Bonchev–Trinajstić information content (AvgIpc) is 2.74. The molecule has 78 valence electrons. The van der Waals surface area contributed by atoms with Crippen LogP contribution in [0.5, 0.6) is 0 Å². The van der Waals surface area contributed by atoms with Gasteiger partial charge in [-0.25, -0.2) is 9.78 Å². The zero-order valence-electron chi connectivity index (χ0n) is 8.40. The molecule has 0 fully saturated rings. The number of ether oxygens (including phenoxy) is 1. The van der Waals surface area contributed by atoms with Crippen LogP contribution >= 0.6 is 11.8 Å². The van der Waals surface area contributed by atoms with Gasteiger partial charge in [-0.3, -0.25) is 0 Å². The molecule has 5 heteroatoms. The molecule has 0 radical (unpaired) electrons. The van der Waals surface area contributed by atoms with Gasteiger partial charge in [-0.15, -0.1) is 11.8 Å². The first-order valence-electron chi connectivity index (χ1n) is 4.36. The molecule has 0 aliphatic rings. The fourth-order valence-corrected chi connectivity index (χ4v) is 2.05. The molecule has 0 bridgehead atoms. The fourth-order valence-electron chi connectivity index (χ4n) is 1.46. The number of hydrogen-bond donors (Lipinski definition) is 1. The second kappa shape index (κ2) is 3.94. The number of H-pyrrole nitrogens is 1. The maximum absolute atomic E-state index is 11.6. The standard InChI is InChI=1S/C10H10N2O2S/c1-14-10(13)8-7(15-2)4-3-6-9(8)12-5-11-6/h3-5H,1-2H3,(H,11,12). The maximum Gasteiger partial charge on any atom is 0.341 e. The van der Waals surface area contributed by atoms with Gasteiger partial charge in [0, 0.05) is 4.90 Å². The summed E-state index contributed by atoms with van der Waals surface area (Å²) in [5.41, 5.74) is 2.03. The molecule has 4 nitrogen and oxygen atoms in total. The van der Waals surface area contributed by atoms with E-state index in [0.29, 0.717) is 11.1 Å². The molecule has 0 unspecified atom stereocenters. The van der Waals surface area contributed by atoms with Gasteiger partial charge in [-0.2, -0.15) is 0 Å². The van der Waals surface area contributed by atoms with E-state index < -0.39 is 0 Å². The summed E-state index contributed by atoms with van der Waals surface area (Å²) >= 11 is 1.50. The van der Waals surface area contributed by atoms with Crippen molar-refractivity contribution in [1.29, 1.82) is 0 Å². The lowest BCUT2D eigenvalue weighted by Crippen LogP contribution is -2.04. The van der Waals surface area contributed by atoms with Gasteiger partial charge in [0.05, 0.1) is 19.0 Å². The van der Waals surface area contributed by atoms with Crippen LogP contribution in [0.25, 0.3) is 11.0 Å². The predicted octanol–water partition coefficient (Wildman–Crippen LogP) is 2.07. The van der Waals surface area contributed by atoms with Crippen LogP contribution in [-0.4, -0.2) is 29.3 Å². The zero-order valence-corrected chi connectivity index (χ0v) is 9.22. The van der Waals surface area contributed by atoms with E-state index in [2.05, 4.69) is 9.97 Å². The Kier molecular flexibility index (Phi) is 2.64. The molecule has 0 spiro atoms. The number of esters is 1. The predicted molar refractivity (Wildman–Crippen MR) is 59.2 cm³/mol. The smallest absolute Gasteiger partial charge is 0.341 e. The van der Waals surface area contributed by atoms with Gasteiger partial charge >= 0.3 is 5.97 Å². The Labute approximate surface area is 91.0 Å². The molecule has 0 amide bonds. The summed E-state index contributed by atoms with van der Waals surface area (Å²) in [7, 11) is 1.37. The number of aromatic amines is 1. The number of carbonyl (C=O) groups excluding carboxylic acids is 1. The number of nitrogens with one attached hydrogen (secondary N) is 1. The topological polar surface area (TPSA) is 55.0 Å². The van der Waals surface area contributed by atoms with Crippen LogP contribution in [0.3, 0.4) is 0 Å². The van der Waals surface area contributed by atoms with Gasteiger partial charge < -0.3 is 9.72 Å². The number of methoxy groups -OCH3 is 1. The first kappa shape index (κ1) is 10.0. The molecule has 0 saturated heterocycles. The van der Waals surface area contributed by atoms with Crippen molar-refractivity contribution < 1.29 is 9.53 Å². The lowest BCUT2D eigenvalue weighted by atomic mass is 10.2. The Bertz CT molecular complexity index is 507. The number of benzene rings is 1. The molecule has 0 aliphatic carbocycles. The Balaban J connectivity index is 2.74. The average molecular weight is 222 g/mol. The number of imidazole rings is 1. The number of thioether (sulfide) groups is 1. The molecule has 1 heterocycles. The summed E-state index contributed by atoms with van der Waals surface area (Å²) in [6.45, 7) is 0. The second-order valence-corrected chi connectivity index (χ2v) is 3.78. The molecule has 0 aliphatic heterocycles. The molecule has 1 N–H and O–H groups in total. The molecule has 2 rings (SSSR count). The minimum atomic E-state index is -0.350. The van der Waals surface area contributed by atoms with Crippen molar-refractivity contribution in [2.45, 2.75) is 4.90 Å². The molecule has 1 aromatic heterocycles. The van der Waals surface area contributed by atoms with Gasteiger partial charge in [0.15, 0.2) is 0 Å². The highest BCUT2D eigenvalue weighted by Crippen LogP contribution is 2.26. The van der Waals surface area contributed by atoms with Crippen LogP contribution in [0, 0.1) is 0 Å². The summed E-state index contributed by atoms with van der Waals surface area (Å²) in [5, 5.41) is 0. The van der Waals surface area contributed by atoms with Crippen molar-refractivity contribution >= 4 is 28.8 Å². The monoisotopic (exact) mass is 222 g/mol. The van der Waals surface area contributed by atoms with E-state index in [1.165, 1.54) is 18.9 Å². The number of hydrogen-bond acceptors (Lipinski definition) is 4. The highest BCUT2D eigenvalue weighted by molar-refractivity contribution is 7.98. The first-order chi connectivity index (χ1) is 7.27. The van der Waals surface area contributed by atoms with E-state index in [-0.39, 0.29) is 5.97 Å². The zero-order chi connectivity index (χ0) is 10.8. The second-order valence-electron chi connectivity index (χ2n) is 2.93. The number of fused-ring (bicyclic) bond motifs is 1. The van der Waals surface area contributed by atoms with Crippen LogP contribution in [0.2, 0.25) is 0 Å². The molecule has 15 heavy (non-hydrogen) atoms. The van der Waals surface area contributed by atoms with Crippen molar-refractivity contribution in [1.82, 2.24) is 9.97 Å².